The van der Waals surface area contributed by atoms with Gasteiger partial charge in [-0.1, -0.05) is 33.3 Å². The van der Waals surface area contributed by atoms with Crippen LogP contribution in [0.1, 0.15) is 56.0 Å². The molecule has 2 N–H and O–H groups in total. The SMILES string of the molecule is CC(C)[C@H]1COc2cc(C(=O)NO)ccc2CN1C(=O)C1(C)CCC1.S. The lowest BCUT2D eigenvalue weighted by Crippen LogP contribution is -2.52. The maximum atomic E-state index is 13.2. The molecule has 0 spiro atoms. The van der Waals surface area contributed by atoms with E-state index in [2.05, 4.69) is 20.8 Å². The molecule has 1 aromatic rings. The van der Waals surface area contributed by atoms with Gasteiger partial charge < -0.3 is 9.64 Å². The van der Waals surface area contributed by atoms with Crippen molar-refractivity contribution in [2.45, 2.75) is 52.6 Å². The van der Waals surface area contributed by atoms with E-state index in [1.807, 2.05) is 4.90 Å². The summed E-state index contributed by atoms with van der Waals surface area (Å²) in [6.07, 6.45) is 2.99. The van der Waals surface area contributed by atoms with Gasteiger partial charge in [0.15, 0.2) is 0 Å². The molecule has 0 aromatic heterocycles. The molecule has 1 atom stereocenters. The Morgan fingerprint density at radius 3 is 2.58 bits per heavy atom. The van der Waals surface area contributed by atoms with Crippen molar-refractivity contribution >= 4 is 25.3 Å². The van der Waals surface area contributed by atoms with Crippen LogP contribution in [0, 0.1) is 11.3 Å². The van der Waals surface area contributed by atoms with Gasteiger partial charge in [-0.3, -0.25) is 14.8 Å². The number of hydrogen-bond acceptors (Lipinski definition) is 4. The van der Waals surface area contributed by atoms with E-state index in [4.69, 9.17) is 9.94 Å². The van der Waals surface area contributed by atoms with Gasteiger partial charge in [0.2, 0.25) is 5.91 Å². The molecule has 2 amide bonds. The second-order valence-corrected chi connectivity index (χ2v) is 7.73. The second kappa shape index (κ2) is 7.88. The van der Waals surface area contributed by atoms with Crippen molar-refractivity contribution in [3.63, 3.8) is 0 Å². The summed E-state index contributed by atoms with van der Waals surface area (Å²) in [5.74, 6) is 0.486. The maximum absolute atomic E-state index is 13.2. The van der Waals surface area contributed by atoms with E-state index < -0.39 is 5.91 Å². The maximum Gasteiger partial charge on any atom is 0.274 e. The summed E-state index contributed by atoms with van der Waals surface area (Å²) in [5.41, 5.74) is 2.59. The number of carbonyl (C=O) groups excluding carboxylic acids is 2. The molecule has 144 valence electrons. The van der Waals surface area contributed by atoms with Gasteiger partial charge in [0.05, 0.1) is 6.04 Å². The molecule has 1 aliphatic carbocycles. The molecule has 1 aromatic carbocycles. The predicted molar refractivity (Wildman–Crippen MR) is 103 cm³/mol. The lowest BCUT2D eigenvalue weighted by molar-refractivity contribution is -0.150. The van der Waals surface area contributed by atoms with E-state index in [0.29, 0.717) is 24.5 Å². The zero-order valence-corrected chi connectivity index (χ0v) is 16.5. The molecule has 1 heterocycles. The average Bonchev–Trinajstić information content (AvgIpc) is 2.77. The topological polar surface area (TPSA) is 78.9 Å². The average molecular weight is 381 g/mol. The van der Waals surface area contributed by atoms with Crippen LogP contribution >= 0.6 is 13.5 Å². The molecule has 0 saturated heterocycles. The molecular weight excluding hydrogens is 352 g/mol. The Bertz CT molecular complexity index is 688. The normalized spacial score (nSPS) is 20.8. The summed E-state index contributed by atoms with van der Waals surface area (Å²) in [7, 11) is 0. The largest absolute Gasteiger partial charge is 0.491 e. The quantitative estimate of drug-likeness (QED) is 0.624. The van der Waals surface area contributed by atoms with E-state index in [-0.39, 0.29) is 36.8 Å². The number of rotatable bonds is 3. The van der Waals surface area contributed by atoms with Gasteiger partial charge >= 0.3 is 0 Å². The first-order chi connectivity index (χ1) is 11.9. The molecule has 1 saturated carbocycles. The Morgan fingerprint density at radius 1 is 1.35 bits per heavy atom. The molecule has 26 heavy (non-hydrogen) atoms. The minimum Gasteiger partial charge on any atom is -0.491 e. The van der Waals surface area contributed by atoms with Crippen LogP contribution in [0.25, 0.3) is 0 Å². The first kappa shape index (κ1) is 20.6. The highest BCUT2D eigenvalue weighted by molar-refractivity contribution is 7.59. The number of ether oxygens (including phenoxy) is 1. The fourth-order valence-electron chi connectivity index (χ4n) is 3.63. The van der Waals surface area contributed by atoms with Crippen LogP contribution in [0.2, 0.25) is 0 Å². The van der Waals surface area contributed by atoms with Crippen molar-refractivity contribution < 1.29 is 19.5 Å². The second-order valence-electron chi connectivity index (χ2n) is 7.73. The van der Waals surface area contributed by atoms with Gasteiger partial charge in [-0.15, -0.1) is 0 Å². The van der Waals surface area contributed by atoms with Crippen molar-refractivity contribution in [1.82, 2.24) is 10.4 Å². The lowest BCUT2D eigenvalue weighted by Gasteiger charge is -2.43. The van der Waals surface area contributed by atoms with Crippen LogP contribution in [0.4, 0.5) is 0 Å². The number of nitrogens with one attached hydrogen (secondary N) is 1. The first-order valence-electron chi connectivity index (χ1n) is 8.87. The van der Waals surface area contributed by atoms with Crippen LogP contribution in [0.3, 0.4) is 0 Å². The Balaban J connectivity index is 0.00000243. The fourth-order valence-corrected chi connectivity index (χ4v) is 3.63. The summed E-state index contributed by atoms with van der Waals surface area (Å²) in [4.78, 5) is 26.8. The molecule has 2 aliphatic rings. The number of fused-ring (bicyclic) bond motifs is 1. The van der Waals surface area contributed by atoms with E-state index in [1.54, 1.807) is 23.7 Å². The molecule has 0 radical (unpaired) electrons. The standard InChI is InChI=1S/C19H26N2O4.H2S/c1-12(2)15-11-25-16-9-13(17(22)20-24)5-6-14(16)10-21(15)18(23)19(3)7-4-8-19;/h5-6,9,12,15,24H,4,7-8,10-11H2,1-3H3,(H,20,22);1H2/t15-;/m1./s1. The van der Waals surface area contributed by atoms with Gasteiger partial charge in [0.25, 0.3) is 5.91 Å². The minimum atomic E-state index is -0.578. The monoisotopic (exact) mass is 380 g/mol. The smallest absolute Gasteiger partial charge is 0.274 e. The Morgan fingerprint density at radius 2 is 2.04 bits per heavy atom. The molecule has 0 bridgehead atoms. The third kappa shape index (κ3) is 3.69. The van der Waals surface area contributed by atoms with Crippen molar-refractivity contribution in [2.24, 2.45) is 11.3 Å². The Labute approximate surface area is 161 Å². The van der Waals surface area contributed by atoms with Crippen molar-refractivity contribution in [3.8, 4) is 5.75 Å². The number of carbonyl (C=O) groups is 2. The number of benzene rings is 1. The lowest BCUT2D eigenvalue weighted by atomic mass is 9.69. The van der Waals surface area contributed by atoms with Crippen LogP contribution in [-0.2, 0) is 11.3 Å². The summed E-state index contributed by atoms with van der Waals surface area (Å²) < 4.78 is 5.95. The van der Waals surface area contributed by atoms with Crippen LogP contribution in [0.5, 0.6) is 5.75 Å². The number of hydroxylamine groups is 1. The molecule has 1 aliphatic heterocycles. The summed E-state index contributed by atoms with van der Waals surface area (Å²) >= 11 is 0. The van der Waals surface area contributed by atoms with Crippen molar-refractivity contribution in [3.05, 3.63) is 29.3 Å². The van der Waals surface area contributed by atoms with Crippen molar-refractivity contribution in [1.29, 1.82) is 0 Å². The molecule has 6 nitrogen and oxygen atoms in total. The van der Waals surface area contributed by atoms with Crippen molar-refractivity contribution in [2.75, 3.05) is 6.61 Å². The van der Waals surface area contributed by atoms with Crippen LogP contribution in [0.15, 0.2) is 18.2 Å². The predicted octanol–water partition coefficient (Wildman–Crippen LogP) is 2.85. The summed E-state index contributed by atoms with van der Waals surface area (Å²) in [6.45, 7) is 7.12. The number of hydrogen-bond donors (Lipinski definition) is 2. The van der Waals surface area contributed by atoms with Gasteiger partial charge in [0, 0.05) is 23.1 Å². The van der Waals surface area contributed by atoms with Gasteiger partial charge in [-0.05, 0) is 30.9 Å². The number of nitrogens with zero attached hydrogens (tertiary/aromatic N) is 1. The van der Waals surface area contributed by atoms with E-state index in [0.717, 1.165) is 24.8 Å². The summed E-state index contributed by atoms with van der Waals surface area (Å²) in [6, 6.07) is 5.05. The van der Waals surface area contributed by atoms with E-state index in [1.165, 1.54) is 0 Å². The minimum absolute atomic E-state index is 0. The molecule has 7 heteroatoms. The van der Waals surface area contributed by atoms with Gasteiger partial charge in [-0.25, -0.2) is 5.48 Å². The molecular formula is C19H28N2O4S. The van der Waals surface area contributed by atoms with Gasteiger partial charge in [0.1, 0.15) is 12.4 Å². The highest BCUT2D eigenvalue weighted by Crippen LogP contribution is 2.43. The molecule has 1 fully saturated rings. The van der Waals surface area contributed by atoms with E-state index in [9.17, 15) is 9.59 Å². The van der Waals surface area contributed by atoms with Gasteiger partial charge in [-0.2, -0.15) is 13.5 Å². The fraction of sp³-hybridized carbons (Fsp3) is 0.579. The molecule has 0 unspecified atom stereocenters. The third-order valence-corrected chi connectivity index (χ3v) is 5.59. The zero-order valence-electron chi connectivity index (χ0n) is 15.5. The number of amides is 2. The zero-order chi connectivity index (χ0) is 18.2. The molecule has 3 rings (SSSR count). The highest BCUT2D eigenvalue weighted by Gasteiger charge is 2.44. The Kier molecular flexibility index (Phi) is 6.24. The van der Waals surface area contributed by atoms with Crippen LogP contribution < -0.4 is 10.2 Å². The highest BCUT2D eigenvalue weighted by atomic mass is 32.1. The van der Waals surface area contributed by atoms with E-state index >= 15 is 0 Å². The van der Waals surface area contributed by atoms with Crippen LogP contribution in [-0.4, -0.2) is 34.6 Å². The first-order valence-corrected chi connectivity index (χ1v) is 8.87. The Hall–Kier alpha value is -1.73. The summed E-state index contributed by atoms with van der Waals surface area (Å²) in [5, 5.41) is 8.81. The third-order valence-electron chi connectivity index (χ3n) is 5.59.